The fraction of sp³-hybridized carbons (Fsp3) is 0.451. The van der Waals surface area contributed by atoms with E-state index in [-0.39, 0.29) is 37.4 Å². The molecule has 0 radical (unpaired) electrons. The van der Waals surface area contributed by atoms with Crippen molar-refractivity contribution in [1.29, 1.82) is 0 Å². The van der Waals surface area contributed by atoms with Gasteiger partial charge in [0.1, 0.15) is 30.5 Å². The van der Waals surface area contributed by atoms with Crippen molar-refractivity contribution < 1.29 is 72.1 Å². The average Bonchev–Trinajstić information content (AvgIpc) is 3.28. The van der Waals surface area contributed by atoms with Crippen LogP contribution >= 0.6 is 0 Å². The number of carbonyl (C=O) groups is 6. The molecule has 2 saturated carbocycles. The normalized spacial score (nSPS) is 33.0. The molecule has 67 heavy (non-hydrogen) atoms. The third-order valence-electron chi connectivity index (χ3n) is 14.0. The maximum Gasteiger partial charge on any atom is 0.509 e. The van der Waals surface area contributed by atoms with Gasteiger partial charge in [-0.2, -0.15) is 0 Å². The van der Waals surface area contributed by atoms with Crippen molar-refractivity contribution in [2.75, 3.05) is 13.2 Å². The van der Waals surface area contributed by atoms with Gasteiger partial charge in [-0.15, -0.1) is 0 Å². The minimum atomic E-state index is -2.62. The molecule has 16 nitrogen and oxygen atoms in total. The molecule has 1 amide bonds. The Morgan fingerprint density at radius 2 is 1.60 bits per heavy atom. The van der Waals surface area contributed by atoms with E-state index in [9.17, 15) is 34.2 Å². The highest BCUT2D eigenvalue weighted by Crippen LogP contribution is 2.61. The van der Waals surface area contributed by atoms with Gasteiger partial charge in [-0.1, -0.05) is 98.8 Å². The molecule has 3 fully saturated rings. The van der Waals surface area contributed by atoms with Gasteiger partial charge in [0.25, 0.3) is 5.91 Å². The van der Waals surface area contributed by atoms with Crippen LogP contribution in [0.15, 0.2) is 108 Å². The molecule has 2 heterocycles. The maximum atomic E-state index is 15.4. The number of allylic oxidation sites excluding steroid dienone is 1. The first-order valence-electron chi connectivity index (χ1n) is 22.4. The summed E-state index contributed by atoms with van der Waals surface area (Å²) in [4.78, 5) is 84.4. The first-order chi connectivity index (χ1) is 32.0. The Hall–Kier alpha value is -6.20. The summed E-state index contributed by atoms with van der Waals surface area (Å²) in [5.41, 5.74) is -3.72. The maximum absolute atomic E-state index is 15.4. The van der Waals surface area contributed by atoms with Crippen LogP contribution in [0.2, 0.25) is 0 Å². The highest BCUT2D eigenvalue weighted by Gasteiger charge is 2.77. The first-order valence-corrected chi connectivity index (χ1v) is 22.4. The lowest BCUT2D eigenvalue weighted by atomic mass is 9.48. The molecule has 16 heteroatoms. The molecule has 2 aliphatic heterocycles. The van der Waals surface area contributed by atoms with Gasteiger partial charge in [-0.25, -0.2) is 4.79 Å². The van der Waals surface area contributed by atoms with E-state index in [2.05, 4.69) is 5.32 Å². The summed E-state index contributed by atoms with van der Waals surface area (Å²) < 4.78 is 43.0. The Kier molecular flexibility index (Phi) is 13.3. The predicted octanol–water partition coefficient (Wildman–Crippen LogP) is 4.98. The Morgan fingerprint density at radius 3 is 2.27 bits per heavy atom. The summed E-state index contributed by atoms with van der Waals surface area (Å²) in [6, 6.07) is 23.6. The standard InChI is InChI=1S/C51H55NO15/c1-28-40-44(64-29(2)53)42(57)39-36(55)25-37-50(27-63-37,67-30(3)54)41(39)45(66-48(59)62-26-32-16-8-6-9-17-32)51(60,49(40,4)5)46-43(28)65-38(56)24-35(33-19-10-7-11-20-33)52-47(58)34-21-14-18-31(23-34)15-12-13-22-61-46/h6-14,16-21,23,35-37,39,41,43-46,55,60H,15,22,24-27H2,1-5H3,(H,52,58)/b13-12+/t35-,36+,37-,39?,41?,43-,44-,45+,46+,50+,51+/m1/s1. The second kappa shape index (κ2) is 18.8. The van der Waals surface area contributed by atoms with E-state index in [1.165, 1.54) is 0 Å². The van der Waals surface area contributed by atoms with Crippen LogP contribution in [0.5, 0.6) is 0 Å². The first kappa shape index (κ1) is 47.3. The summed E-state index contributed by atoms with van der Waals surface area (Å²) in [6.07, 6.45) is -7.77. The van der Waals surface area contributed by atoms with Crippen LogP contribution in [-0.4, -0.2) is 107 Å². The number of aliphatic hydroxyl groups is 2. The Balaban J connectivity index is 1.34. The minimum absolute atomic E-state index is 0.00498. The van der Waals surface area contributed by atoms with Gasteiger partial charge in [-0.05, 0) is 53.3 Å². The van der Waals surface area contributed by atoms with Crippen molar-refractivity contribution in [3.8, 4) is 0 Å². The molecule has 2 unspecified atom stereocenters. The smallest absolute Gasteiger partial charge is 0.455 e. The number of Topliss-reactive ketones (excluding diaryl/α,β-unsaturated/α-hetero) is 1. The van der Waals surface area contributed by atoms with Crippen LogP contribution in [-0.2, 0) is 65.4 Å². The van der Waals surface area contributed by atoms with E-state index in [4.69, 9.17) is 33.2 Å². The van der Waals surface area contributed by atoms with Crippen LogP contribution in [0, 0.1) is 17.3 Å². The third kappa shape index (κ3) is 8.79. The van der Waals surface area contributed by atoms with Crippen LogP contribution in [0.3, 0.4) is 0 Å². The van der Waals surface area contributed by atoms with Crippen molar-refractivity contribution in [2.24, 2.45) is 17.3 Å². The van der Waals surface area contributed by atoms with E-state index < -0.39 is 113 Å². The molecule has 8 rings (SSSR count). The highest BCUT2D eigenvalue weighted by atomic mass is 16.7. The zero-order valence-corrected chi connectivity index (χ0v) is 37.9. The fourth-order valence-electron chi connectivity index (χ4n) is 10.9. The molecule has 3 aliphatic carbocycles. The zero-order valence-electron chi connectivity index (χ0n) is 37.9. The number of ketones is 1. The van der Waals surface area contributed by atoms with Crippen molar-refractivity contribution >= 4 is 35.8 Å². The lowest BCUT2D eigenvalue weighted by Gasteiger charge is -2.65. The average molecular weight is 922 g/mol. The van der Waals surface area contributed by atoms with Gasteiger partial charge >= 0.3 is 24.1 Å². The van der Waals surface area contributed by atoms with E-state index >= 15 is 4.79 Å². The van der Waals surface area contributed by atoms with Gasteiger partial charge in [0, 0.05) is 31.2 Å². The lowest BCUT2D eigenvalue weighted by molar-refractivity contribution is -0.341. The molecular formula is C51H55NO15. The summed E-state index contributed by atoms with van der Waals surface area (Å²) in [7, 11) is 0. The quantitative estimate of drug-likeness (QED) is 0.169. The second-order valence-electron chi connectivity index (χ2n) is 18.4. The van der Waals surface area contributed by atoms with E-state index in [0.717, 1.165) is 19.4 Å². The molecule has 3 N–H and O–H groups in total. The van der Waals surface area contributed by atoms with Crippen LogP contribution in [0.25, 0.3) is 0 Å². The number of benzene rings is 3. The summed E-state index contributed by atoms with van der Waals surface area (Å²) >= 11 is 0. The Labute approximate surface area is 387 Å². The highest BCUT2D eigenvalue weighted by molar-refractivity contribution is 5.95. The number of ether oxygens (including phenoxy) is 7. The molecule has 5 aliphatic rings. The van der Waals surface area contributed by atoms with Gasteiger partial charge in [-0.3, -0.25) is 24.0 Å². The molecule has 0 aromatic heterocycles. The summed E-state index contributed by atoms with van der Waals surface area (Å²) in [5.74, 6) is -7.09. The largest absolute Gasteiger partial charge is 0.509 e. The van der Waals surface area contributed by atoms with Gasteiger partial charge in [0.2, 0.25) is 0 Å². The molecule has 3 aromatic carbocycles. The fourth-order valence-corrected chi connectivity index (χ4v) is 10.9. The number of carbonyl (C=O) groups excluding carboxylic acids is 6. The SMILES string of the molecule is CC(=O)O[C@H]1C(=O)C2C([C@H](OC(=O)OCc3ccccc3)[C@]3(O)[C@H]4OC/C=C/Cc5cccc(c5)C(=O)N[C@@H](c5ccccc5)CC(=O)O[C@@H]4C(C)=C1C3(C)C)[C@]1(OC(C)=O)CO[C@@H]1C[C@@H]2O. The van der Waals surface area contributed by atoms with Crippen LogP contribution < -0.4 is 5.32 Å². The van der Waals surface area contributed by atoms with Gasteiger partial charge in [0.15, 0.2) is 23.6 Å². The van der Waals surface area contributed by atoms with Crippen molar-refractivity contribution in [2.45, 2.75) is 114 Å². The Morgan fingerprint density at radius 1 is 0.881 bits per heavy atom. The number of nitrogens with one attached hydrogen (secondary N) is 1. The van der Waals surface area contributed by atoms with E-state index in [0.29, 0.717) is 23.1 Å². The second-order valence-corrected chi connectivity index (χ2v) is 18.4. The van der Waals surface area contributed by atoms with Crippen LogP contribution in [0.4, 0.5) is 4.79 Å². The predicted molar refractivity (Wildman–Crippen MR) is 236 cm³/mol. The molecule has 0 spiro atoms. The zero-order chi connectivity index (χ0) is 47.8. The van der Waals surface area contributed by atoms with Crippen LogP contribution in [0.1, 0.15) is 80.6 Å². The minimum Gasteiger partial charge on any atom is -0.455 e. The van der Waals surface area contributed by atoms with Crippen molar-refractivity contribution in [3.05, 3.63) is 130 Å². The number of aliphatic hydroxyl groups excluding tert-OH is 1. The van der Waals surface area contributed by atoms with Gasteiger partial charge < -0.3 is 48.7 Å². The van der Waals surface area contributed by atoms with E-state index in [1.807, 2.05) is 6.07 Å². The monoisotopic (exact) mass is 921 g/mol. The molecule has 11 atom stereocenters. The molecule has 1 saturated heterocycles. The molecular weight excluding hydrogens is 867 g/mol. The Bertz CT molecular complexity index is 2470. The molecule has 3 aromatic rings. The molecule has 4 bridgehead atoms. The topological polar surface area (TPSA) is 220 Å². The van der Waals surface area contributed by atoms with Crippen molar-refractivity contribution in [1.82, 2.24) is 5.32 Å². The lowest BCUT2D eigenvalue weighted by Crippen LogP contribution is -2.81. The number of amides is 1. The van der Waals surface area contributed by atoms with Gasteiger partial charge in [0.05, 0.1) is 43.6 Å². The number of hydrogen-bond donors (Lipinski definition) is 3. The van der Waals surface area contributed by atoms with E-state index in [1.54, 1.807) is 112 Å². The van der Waals surface area contributed by atoms with Crippen molar-refractivity contribution in [3.63, 3.8) is 0 Å². The third-order valence-corrected chi connectivity index (χ3v) is 14.0. The number of esters is 3. The number of fused-ring (bicyclic) bond motifs is 9. The summed E-state index contributed by atoms with van der Waals surface area (Å²) in [6.45, 7) is 6.09. The number of hydrogen-bond acceptors (Lipinski definition) is 15. The summed E-state index contributed by atoms with van der Waals surface area (Å²) in [5, 5.41) is 29.2. The molecule has 354 valence electrons. The number of rotatable bonds is 6.